The summed E-state index contributed by atoms with van der Waals surface area (Å²) >= 11 is 0. The van der Waals surface area contributed by atoms with Gasteiger partial charge in [-0.05, 0) is 65.4 Å². The normalized spacial score (nSPS) is 11.0. The molecule has 3 aromatic carbocycles. The summed E-state index contributed by atoms with van der Waals surface area (Å²) in [6.07, 6.45) is 0.954. The van der Waals surface area contributed by atoms with E-state index in [0.717, 1.165) is 6.42 Å². The van der Waals surface area contributed by atoms with E-state index in [1.807, 2.05) is 48.5 Å². The minimum absolute atomic E-state index is 0.0320. The van der Waals surface area contributed by atoms with Crippen LogP contribution in [-0.2, 0) is 16.6 Å². The Morgan fingerprint density at radius 2 is 1.47 bits per heavy atom. The number of ether oxygens (including phenoxy) is 1. The highest BCUT2D eigenvalue weighted by molar-refractivity contribution is 6.04. The summed E-state index contributed by atoms with van der Waals surface area (Å²) < 4.78 is 5.54. The van der Waals surface area contributed by atoms with E-state index < -0.39 is 0 Å². The largest absolute Gasteiger partial charge is 0.484 e. The third kappa shape index (κ3) is 6.45. The van der Waals surface area contributed by atoms with Gasteiger partial charge in [0.1, 0.15) is 5.75 Å². The van der Waals surface area contributed by atoms with Crippen molar-refractivity contribution < 1.29 is 14.3 Å². The number of carbonyl (C=O) groups is 2. The van der Waals surface area contributed by atoms with Crippen LogP contribution in [0.5, 0.6) is 5.75 Å². The van der Waals surface area contributed by atoms with Crippen molar-refractivity contribution in [2.75, 3.05) is 17.2 Å². The Morgan fingerprint density at radius 3 is 2.06 bits per heavy atom. The second-order valence-corrected chi connectivity index (χ2v) is 8.70. The fourth-order valence-electron chi connectivity index (χ4n) is 3.17. The topological polar surface area (TPSA) is 67.4 Å². The molecule has 0 fully saturated rings. The van der Waals surface area contributed by atoms with Gasteiger partial charge >= 0.3 is 0 Å². The molecular weight excluding hydrogens is 400 g/mol. The lowest BCUT2D eigenvalue weighted by Gasteiger charge is -2.19. The van der Waals surface area contributed by atoms with E-state index >= 15 is 0 Å². The van der Waals surface area contributed by atoms with Crippen LogP contribution >= 0.6 is 0 Å². The number of nitrogens with one attached hydrogen (secondary N) is 2. The van der Waals surface area contributed by atoms with Gasteiger partial charge in [0.05, 0.1) is 0 Å². The number of amides is 2. The van der Waals surface area contributed by atoms with Crippen molar-refractivity contribution in [1.29, 1.82) is 0 Å². The van der Waals surface area contributed by atoms with E-state index in [4.69, 9.17) is 4.74 Å². The van der Waals surface area contributed by atoms with Crippen molar-refractivity contribution in [2.45, 2.75) is 39.5 Å². The molecule has 0 aliphatic rings. The fraction of sp³-hybridized carbons (Fsp3) is 0.259. The van der Waals surface area contributed by atoms with Crippen LogP contribution in [0.25, 0.3) is 0 Å². The van der Waals surface area contributed by atoms with E-state index in [9.17, 15) is 9.59 Å². The molecule has 3 rings (SSSR count). The second-order valence-electron chi connectivity index (χ2n) is 8.70. The maximum absolute atomic E-state index is 12.6. The minimum atomic E-state index is -0.272. The summed E-state index contributed by atoms with van der Waals surface area (Å²) in [5, 5.41) is 5.67. The van der Waals surface area contributed by atoms with Crippen molar-refractivity contribution in [2.24, 2.45) is 0 Å². The quantitative estimate of drug-likeness (QED) is 0.497. The van der Waals surface area contributed by atoms with Crippen LogP contribution in [0, 0.1) is 0 Å². The van der Waals surface area contributed by atoms with Crippen molar-refractivity contribution in [1.82, 2.24) is 0 Å². The van der Waals surface area contributed by atoms with Crippen molar-refractivity contribution >= 4 is 23.2 Å². The lowest BCUT2D eigenvalue weighted by Crippen LogP contribution is -2.20. The monoisotopic (exact) mass is 430 g/mol. The lowest BCUT2D eigenvalue weighted by atomic mass is 9.87. The van der Waals surface area contributed by atoms with E-state index in [2.05, 4.69) is 38.3 Å². The molecule has 0 heterocycles. The van der Waals surface area contributed by atoms with Gasteiger partial charge in [-0.1, -0.05) is 58.0 Å². The maximum atomic E-state index is 12.6. The highest BCUT2D eigenvalue weighted by Crippen LogP contribution is 2.23. The summed E-state index contributed by atoms with van der Waals surface area (Å²) in [4.78, 5) is 24.8. The summed E-state index contributed by atoms with van der Waals surface area (Å²) in [7, 11) is 0. The van der Waals surface area contributed by atoms with Crippen LogP contribution in [0.15, 0.2) is 72.8 Å². The molecule has 0 radical (unpaired) electrons. The standard InChI is InChI=1S/C27H30N2O3/c1-5-19-9-15-24(16-10-19)32-18-25(30)28-22-7-6-8-23(17-22)29-26(31)20-11-13-21(14-12-20)27(2,3)4/h6-17H,5,18H2,1-4H3,(H,28,30)(H,29,31). The molecule has 0 bridgehead atoms. The van der Waals surface area contributed by atoms with Crippen LogP contribution in [0.3, 0.4) is 0 Å². The van der Waals surface area contributed by atoms with Gasteiger partial charge in [0.2, 0.25) is 0 Å². The van der Waals surface area contributed by atoms with Crippen molar-refractivity contribution in [3.8, 4) is 5.75 Å². The van der Waals surface area contributed by atoms with Crippen LogP contribution < -0.4 is 15.4 Å². The van der Waals surface area contributed by atoms with Gasteiger partial charge in [-0.15, -0.1) is 0 Å². The average Bonchev–Trinajstić information content (AvgIpc) is 2.78. The molecule has 0 aliphatic heterocycles. The molecule has 0 spiro atoms. The number of rotatable bonds is 7. The summed E-state index contributed by atoms with van der Waals surface area (Å²) in [6, 6.07) is 22.3. The molecule has 5 nitrogen and oxygen atoms in total. The molecule has 0 unspecified atom stereocenters. The number of carbonyl (C=O) groups excluding carboxylic acids is 2. The predicted molar refractivity (Wildman–Crippen MR) is 129 cm³/mol. The Kier molecular flexibility index (Phi) is 7.31. The Bertz CT molecular complexity index is 1070. The number of benzene rings is 3. The Balaban J connectivity index is 1.56. The molecule has 166 valence electrons. The van der Waals surface area contributed by atoms with Gasteiger partial charge in [0.15, 0.2) is 6.61 Å². The van der Waals surface area contributed by atoms with E-state index in [1.54, 1.807) is 24.3 Å². The smallest absolute Gasteiger partial charge is 0.262 e. The zero-order valence-corrected chi connectivity index (χ0v) is 19.1. The minimum Gasteiger partial charge on any atom is -0.484 e. The highest BCUT2D eigenvalue weighted by atomic mass is 16.5. The molecule has 2 N–H and O–H groups in total. The second kappa shape index (κ2) is 10.1. The van der Waals surface area contributed by atoms with Crippen LogP contribution in [0.1, 0.15) is 49.2 Å². The summed E-state index contributed by atoms with van der Waals surface area (Å²) in [6.45, 7) is 8.39. The van der Waals surface area contributed by atoms with Crippen molar-refractivity contribution in [3.05, 3.63) is 89.5 Å². The first-order valence-electron chi connectivity index (χ1n) is 10.8. The van der Waals surface area contributed by atoms with Crippen LogP contribution in [-0.4, -0.2) is 18.4 Å². The number of aryl methyl sites for hydroxylation is 1. The Labute approximate surface area is 189 Å². The molecule has 0 aliphatic carbocycles. The molecular formula is C27H30N2O3. The van der Waals surface area contributed by atoms with Gasteiger partial charge in [0.25, 0.3) is 11.8 Å². The molecule has 0 atom stereocenters. The molecule has 5 heteroatoms. The van der Waals surface area contributed by atoms with Crippen LogP contribution in [0.4, 0.5) is 11.4 Å². The van der Waals surface area contributed by atoms with Crippen LogP contribution in [0.2, 0.25) is 0 Å². The number of hydrogen-bond donors (Lipinski definition) is 2. The third-order valence-electron chi connectivity index (χ3n) is 5.12. The molecule has 32 heavy (non-hydrogen) atoms. The first kappa shape index (κ1) is 23.1. The Morgan fingerprint density at radius 1 is 0.844 bits per heavy atom. The zero-order chi connectivity index (χ0) is 23.1. The number of anilines is 2. The average molecular weight is 431 g/mol. The van der Waals surface area contributed by atoms with Crippen molar-refractivity contribution in [3.63, 3.8) is 0 Å². The third-order valence-corrected chi connectivity index (χ3v) is 5.12. The SMILES string of the molecule is CCc1ccc(OCC(=O)Nc2cccc(NC(=O)c3ccc(C(C)(C)C)cc3)c2)cc1. The Hall–Kier alpha value is -3.60. The van der Waals surface area contributed by atoms with Gasteiger partial charge in [0, 0.05) is 16.9 Å². The highest BCUT2D eigenvalue weighted by Gasteiger charge is 2.14. The van der Waals surface area contributed by atoms with Gasteiger partial charge < -0.3 is 15.4 Å². The molecule has 0 aromatic heterocycles. The summed E-state index contributed by atoms with van der Waals surface area (Å²) in [5.41, 5.74) is 4.18. The zero-order valence-electron chi connectivity index (χ0n) is 19.1. The predicted octanol–water partition coefficient (Wildman–Crippen LogP) is 5.82. The number of hydrogen-bond acceptors (Lipinski definition) is 3. The maximum Gasteiger partial charge on any atom is 0.262 e. The first-order valence-corrected chi connectivity index (χ1v) is 10.8. The molecule has 0 saturated carbocycles. The lowest BCUT2D eigenvalue weighted by molar-refractivity contribution is -0.118. The first-order chi connectivity index (χ1) is 15.2. The fourth-order valence-corrected chi connectivity index (χ4v) is 3.17. The van der Waals surface area contributed by atoms with Gasteiger partial charge in [-0.25, -0.2) is 0 Å². The van der Waals surface area contributed by atoms with E-state index in [1.165, 1.54) is 11.1 Å². The summed E-state index contributed by atoms with van der Waals surface area (Å²) in [5.74, 6) is 0.175. The van der Waals surface area contributed by atoms with E-state index in [-0.39, 0.29) is 23.8 Å². The van der Waals surface area contributed by atoms with E-state index in [0.29, 0.717) is 22.7 Å². The molecule has 0 saturated heterocycles. The van der Waals surface area contributed by atoms with Gasteiger partial charge in [-0.2, -0.15) is 0 Å². The van der Waals surface area contributed by atoms with Gasteiger partial charge in [-0.3, -0.25) is 9.59 Å². The molecule has 2 amide bonds. The molecule has 3 aromatic rings.